The van der Waals surface area contributed by atoms with E-state index in [2.05, 4.69) is 6.58 Å². The number of hydrogen-bond donors (Lipinski definition) is 2. The van der Waals surface area contributed by atoms with Crippen LogP contribution in [0.4, 0.5) is 0 Å². The Morgan fingerprint density at radius 2 is 2.00 bits per heavy atom. The smallest absolute Gasteiger partial charge is 0.294 e. The lowest BCUT2D eigenvalue weighted by Crippen LogP contribution is -2.33. The van der Waals surface area contributed by atoms with Crippen molar-refractivity contribution in [2.45, 2.75) is 10.9 Å². The van der Waals surface area contributed by atoms with Gasteiger partial charge in [0.05, 0.1) is 10.9 Å². The molecule has 0 spiro atoms. The first-order chi connectivity index (χ1) is 9.25. The quantitative estimate of drug-likeness (QED) is 0.600. The summed E-state index contributed by atoms with van der Waals surface area (Å²) in [6.45, 7) is 3.53. The van der Waals surface area contributed by atoms with Crippen molar-refractivity contribution in [3.63, 3.8) is 0 Å². The van der Waals surface area contributed by atoms with Crippen molar-refractivity contribution < 1.29 is 21.4 Å². The van der Waals surface area contributed by atoms with Gasteiger partial charge < -0.3 is 5.73 Å². The second-order valence-corrected chi connectivity index (χ2v) is 6.47. The molecule has 0 saturated carbocycles. The largest absolute Gasteiger partial charge is 0.320 e. The number of fused-ring (bicyclic) bond motifs is 1. The summed E-state index contributed by atoms with van der Waals surface area (Å²) in [5.74, 6) is 0. The SMILES string of the molecule is C=Cc1cc(S(=O)(=O)O)cc2c1C(=S(=O)=O)C(N)C=C2. The van der Waals surface area contributed by atoms with Crippen molar-refractivity contribution in [1.29, 1.82) is 0 Å². The Balaban J connectivity index is 2.94. The molecule has 6 nitrogen and oxygen atoms in total. The van der Waals surface area contributed by atoms with Crippen LogP contribution < -0.4 is 5.73 Å². The van der Waals surface area contributed by atoms with Crippen molar-refractivity contribution in [2.24, 2.45) is 5.73 Å². The zero-order chi connectivity index (χ0) is 15.1. The van der Waals surface area contributed by atoms with E-state index >= 15 is 0 Å². The molecule has 0 fully saturated rings. The maximum Gasteiger partial charge on any atom is 0.294 e. The molecule has 3 N–H and O–H groups in total. The summed E-state index contributed by atoms with van der Waals surface area (Å²) in [5, 5.41) is 0. The molecule has 20 heavy (non-hydrogen) atoms. The van der Waals surface area contributed by atoms with E-state index in [-0.39, 0.29) is 15.3 Å². The van der Waals surface area contributed by atoms with E-state index in [1.807, 2.05) is 0 Å². The molecule has 0 radical (unpaired) electrons. The van der Waals surface area contributed by atoms with Crippen molar-refractivity contribution in [3.05, 3.63) is 41.5 Å². The minimum Gasteiger partial charge on any atom is -0.320 e. The van der Waals surface area contributed by atoms with Gasteiger partial charge in [0.1, 0.15) is 4.86 Å². The predicted octanol–water partition coefficient (Wildman–Crippen LogP) is 0.330. The van der Waals surface area contributed by atoms with Crippen LogP contribution in [0.1, 0.15) is 16.7 Å². The minimum absolute atomic E-state index is 0.0423. The van der Waals surface area contributed by atoms with E-state index in [9.17, 15) is 16.8 Å². The van der Waals surface area contributed by atoms with Gasteiger partial charge in [-0.3, -0.25) is 4.55 Å². The summed E-state index contributed by atoms with van der Waals surface area (Å²) >= 11 is 0. The van der Waals surface area contributed by atoms with Gasteiger partial charge in [-0.1, -0.05) is 24.8 Å². The first-order valence-electron chi connectivity index (χ1n) is 5.44. The van der Waals surface area contributed by atoms with Crippen molar-refractivity contribution in [1.82, 2.24) is 0 Å². The van der Waals surface area contributed by atoms with Gasteiger partial charge in [-0.15, -0.1) is 0 Å². The number of rotatable bonds is 2. The fourth-order valence-corrected chi connectivity index (χ4v) is 3.30. The third kappa shape index (κ3) is 2.46. The fourth-order valence-electron chi connectivity index (χ4n) is 2.04. The average Bonchev–Trinajstić information content (AvgIpc) is 2.35. The van der Waals surface area contributed by atoms with Gasteiger partial charge in [-0.05, 0) is 23.3 Å². The molecule has 1 aromatic carbocycles. The highest BCUT2D eigenvalue weighted by Crippen LogP contribution is 2.27. The summed E-state index contributed by atoms with van der Waals surface area (Å²) in [5.41, 5.74) is 6.64. The molecule has 2 rings (SSSR count). The lowest BCUT2D eigenvalue weighted by molar-refractivity contribution is 0.483. The van der Waals surface area contributed by atoms with E-state index in [1.165, 1.54) is 24.3 Å². The Kier molecular flexibility index (Phi) is 3.65. The molecule has 1 atom stereocenters. The third-order valence-electron chi connectivity index (χ3n) is 2.90. The normalized spacial score (nSPS) is 17.7. The zero-order valence-corrected chi connectivity index (χ0v) is 11.8. The zero-order valence-electron chi connectivity index (χ0n) is 10.1. The lowest BCUT2D eigenvalue weighted by Gasteiger charge is -2.19. The molecule has 0 heterocycles. The second kappa shape index (κ2) is 4.98. The van der Waals surface area contributed by atoms with Crippen LogP contribution in [-0.4, -0.2) is 32.3 Å². The number of hydrogen-bond acceptors (Lipinski definition) is 5. The van der Waals surface area contributed by atoms with Gasteiger partial charge in [0, 0.05) is 5.56 Å². The van der Waals surface area contributed by atoms with E-state index in [4.69, 9.17) is 10.3 Å². The Labute approximate surface area is 117 Å². The van der Waals surface area contributed by atoms with Crippen LogP contribution in [0.25, 0.3) is 12.2 Å². The van der Waals surface area contributed by atoms with Crippen LogP contribution in [0.3, 0.4) is 0 Å². The van der Waals surface area contributed by atoms with Crippen molar-refractivity contribution in [3.8, 4) is 0 Å². The Morgan fingerprint density at radius 3 is 2.50 bits per heavy atom. The van der Waals surface area contributed by atoms with Crippen LogP contribution in [0.15, 0.2) is 29.7 Å². The van der Waals surface area contributed by atoms with Crippen LogP contribution in [0, 0.1) is 0 Å². The first kappa shape index (κ1) is 14.7. The van der Waals surface area contributed by atoms with Gasteiger partial charge >= 0.3 is 0 Å². The van der Waals surface area contributed by atoms with Gasteiger partial charge in [0.15, 0.2) is 0 Å². The lowest BCUT2D eigenvalue weighted by atomic mass is 9.90. The fraction of sp³-hybridized carbons (Fsp3) is 0.0833. The van der Waals surface area contributed by atoms with Gasteiger partial charge in [-0.2, -0.15) is 16.8 Å². The highest BCUT2D eigenvalue weighted by molar-refractivity contribution is 7.85. The maximum absolute atomic E-state index is 11.3. The van der Waals surface area contributed by atoms with Crippen LogP contribution in [-0.2, 0) is 20.4 Å². The molecule has 0 amide bonds. The maximum atomic E-state index is 11.3. The highest BCUT2D eigenvalue weighted by atomic mass is 32.2. The third-order valence-corrected chi connectivity index (χ3v) is 4.57. The first-order valence-corrected chi connectivity index (χ1v) is 7.95. The predicted molar refractivity (Wildman–Crippen MR) is 76.4 cm³/mol. The monoisotopic (exact) mass is 313 g/mol. The van der Waals surface area contributed by atoms with E-state index < -0.39 is 26.5 Å². The summed E-state index contributed by atoms with van der Waals surface area (Å²) in [6.07, 6.45) is 4.26. The molecule has 8 heteroatoms. The highest BCUT2D eigenvalue weighted by Gasteiger charge is 2.25. The Hall–Kier alpha value is -1.74. The molecular formula is C12H11NO5S2. The molecule has 0 aromatic heterocycles. The van der Waals surface area contributed by atoms with E-state index in [1.54, 1.807) is 0 Å². The van der Waals surface area contributed by atoms with Crippen LogP contribution in [0.2, 0.25) is 0 Å². The molecule has 106 valence electrons. The standard InChI is InChI=1S/C12H11NO5S2/c1-2-7-5-9(20(16,17)18)6-8-3-4-10(13)12(11(7)8)19(14)15/h2-6,10H,1,13H2,(H,16,17,18). The van der Waals surface area contributed by atoms with E-state index in [0.29, 0.717) is 11.1 Å². The molecule has 0 saturated heterocycles. The number of benzene rings is 1. The van der Waals surface area contributed by atoms with E-state index in [0.717, 1.165) is 6.07 Å². The molecule has 1 aliphatic rings. The van der Waals surface area contributed by atoms with Crippen LogP contribution >= 0.6 is 0 Å². The van der Waals surface area contributed by atoms with Crippen molar-refractivity contribution >= 4 is 37.4 Å². The molecule has 1 aliphatic carbocycles. The summed E-state index contributed by atoms with van der Waals surface area (Å²) in [6, 6.07) is 1.53. The molecule has 1 unspecified atom stereocenters. The topological polar surface area (TPSA) is 115 Å². The Morgan fingerprint density at radius 1 is 1.35 bits per heavy atom. The minimum atomic E-state index is -4.40. The molecule has 1 aromatic rings. The van der Waals surface area contributed by atoms with Gasteiger partial charge in [0.25, 0.3) is 10.1 Å². The van der Waals surface area contributed by atoms with Gasteiger partial charge in [0.2, 0.25) is 10.3 Å². The average molecular weight is 313 g/mol. The number of nitrogens with two attached hydrogens (primary N) is 1. The van der Waals surface area contributed by atoms with Gasteiger partial charge in [-0.25, -0.2) is 0 Å². The van der Waals surface area contributed by atoms with Crippen LogP contribution in [0.5, 0.6) is 0 Å². The van der Waals surface area contributed by atoms with Crippen molar-refractivity contribution in [2.75, 3.05) is 0 Å². The molecular weight excluding hydrogens is 302 g/mol. The summed E-state index contributed by atoms with van der Waals surface area (Å²) in [4.78, 5) is -0.374. The summed E-state index contributed by atoms with van der Waals surface area (Å²) in [7, 11) is -6.95. The molecule has 0 bridgehead atoms. The summed E-state index contributed by atoms with van der Waals surface area (Å²) < 4.78 is 54.2. The Bertz CT molecular complexity index is 855. The molecule has 0 aliphatic heterocycles. The second-order valence-electron chi connectivity index (χ2n) is 4.14.